The number of benzene rings is 1. The van der Waals surface area contributed by atoms with Gasteiger partial charge in [-0.25, -0.2) is 0 Å². The number of aromatic nitrogens is 1. The number of hydrogen-bond donors (Lipinski definition) is 3. The number of H-pyrrole nitrogens is 1. The van der Waals surface area contributed by atoms with Crippen molar-refractivity contribution in [2.75, 3.05) is 12.3 Å². The third-order valence-corrected chi connectivity index (χ3v) is 2.80. The van der Waals surface area contributed by atoms with Crippen LogP contribution in [0, 0.1) is 0 Å². The Morgan fingerprint density at radius 3 is 2.62 bits per heavy atom. The molecule has 4 N–H and O–H groups in total. The summed E-state index contributed by atoms with van der Waals surface area (Å²) in [5.41, 5.74) is 7.31. The zero-order valence-corrected chi connectivity index (χ0v) is 11.1. The van der Waals surface area contributed by atoms with Crippen molar-refractivity contribution in [2.45, 2.75) is 13.0 Å². The molecular weight excluding hydrogens is 280 g/mol. The maximum atomic E-state index is 12.0. The molecule has 1 amide bonds. The normalized spacial score (nSPS) is 10.6. The SMILES string of the molecule is Nc1c[nH]c(C(=O)NCCc2ccc(OC(F)F)cc2)c1. The molecular formula is C14H15F2N3O2. The number of nitrogen functional groups attached to an aromatic ring is 1. The Morgan fingerprint density at radius 1 is 1.33 bits per heavy atom. The molecule has 0 unspecified atom stereocenters. The van der Waals surface area contributed by atoms with Crippen LogP contribution >= 0.6 is 0 Å². The quantitative estimate of drug-likeness (QED) is 0.764. The van der Waals surface area contributed by atoms with Crippen LogP contribution in [-0.4, -0.2) is 24.0 Å². The van der Waals surface area contributed by atoms with E-state index in [1.165, 1.54) is 18.3 Å². The summed E-state index contributed by atoms with van der Waals surface area (Å²) in [6.45, 7) is -2.41. The summed E-state index contributed by atoms with van der Waals surface area (Å²) in [5, 5.41) is 2.73. The van der Waals surface area contributed by atoms with Crippen LogP contribution in [0.5, 0.6) is 5.75 Å². The van der Waals surface area contributed by atoms with Gasteiger partial charge in [0.25, 0.3) is 5.91 Å². The van der Waals surface area contributed by atoms with Crippen molar-refractivity contribution in [2.24, 2.45) is 0 Å². The minimum absolute atomic E-state index is 0.111. The molecule has 0 saturated carbocycles. The number of nitrogens with two attached hydrogens (primary N) is 1. The molecule has 0 aliphatic heterocycles. The molecule has 0 fully saturated rings. The highest BCUT2D eigenvalue weighted by Crippen LogP contribution is 2.15. The standard InChI is InChI=1S/C14H15F2N3O2/c15-14(16)21-11-3-1-9(2-4-11)5-6-18-13(20)12-7-10(17)8-19-12/h1-4,7-8,14,19H,5-6,17H2,(H,18,20). The molecule has 0 aliphatic rings. The third-order valence-electron chi connectivity index (χ3n) is 2.80. The predicted octanol–water partition coefficient (Wildman–Crippen LogP) is 2.17. The van der Waals surface area contributed by atoms with E-state index in [1.807, 2.05) is 0 Å². The predicted molar refractivity (Wildman–Crippen MR) is 74.3 cm³/mol. The molecule has 5 nitrogen and oxygen atoms in total. The second-order valence-electron chi connectivity index (χ2n) is 4.38. The molecule has 0 bridgehead atoms. The van der Waals surface area contributed by atoms with Crippen molar-refractivity contribution in [3.8, 4) is 5.75 Å². The summed E-state index contributed by atoms with van der Waals surface area (Å²) in [6.07, 6.45) is 2.12. The maximum Gasteiger partial charge on any atom is 0.387 e. The molecule has 0 saturated heterocycles. The van der Waals surface area contributed by atoms with E-state index in [9.17, 15) is 13.6 Å². The van der Waals surface area contributed by atoms with Crippen LogP contribution in [0.25, 0.3) is 0 Å². The van der Waals surface area contributed by atoms with Gasteiger partial charge in [-0.05, 0) is 30.2 Å². The molecule has 0 aliphatic carbocycles. The van der Waals surface area contributed by atoms with Crippen molar-refractivity contribution >= 4 is 11.6 Å². The highest BCUT2D eigenvalue weighted by atomic mass is 19.3. The largest absolute Gasteiger partial charge is 0.435 e. The van der Waals surface area contributed by atoms with Crippen molar-refractivity contribution in [1.82, 2.24) is 10.3 Å². The Labute approximate surface area is 120 Å². The fraction of sp³-hybridized carbons (Fsp3) is 0.214. The summed E-state index contributed by atoms with van der Waals surface area (Å²) in [7, 11) is 0. The number of alkyl halides is 2. The van der Waals surface area contributed by atoms with E-state index < -0.39 is 6.61 Å². The van der Waals surface area contributed by atoms with Gasteiger partial charge in [0.05, 0.1) is 0 Å². The number of carbonyl (C=O) groups excluding carboxylic acids is 1. The first-order valence-electron chi connectivity index (χ1n) is 6.30. The van der Waals surface area contributed by atoms with Crippen LogP contribution in [0.2, 0.25) is 0 Å². The van der Waals surface area contributed by atoms with Gasteiger partial charge in [0.15, 0.2) is 0 Å². The number of anilines is 1. The van der Waals surface area contributed by atoms with Gasteiger partial charge in [0.1, 0.15) is 11.4 Å². The Kier molecular flexibility index (Phi) is 4.76. The lowest BCUT2D eigenvalue weighted by atomic mass is 10.1. The number of hydrogen-bond acceptors (Lipinski definition) is 3. The van der Waals surface area contributed by atoms with Crippen molar-refractivity contribution in [3.05, 3.63) is 47.8 Å². The number of halogens is 2. The zero-order valence-electron chi connectivity index (χ0n) is 11.1. The van der Waals surface area contributed by atoms with E-state index in [4.69, 9.17) is 5.73 Å². The summed E-state index contributed by atoms with van der Waals surface area (Å²) >= 11 is 0. The van der Waals surface area contributed by atoms with Crippen molar-refractivity contribution < 1.29 is 18.3 Å². The van der Waals surface area contributed by atoms with Crippen LogP contribution < -0.4 is 15.8 Å². The number of aromatic amines is 1. The van der Waals surface area contributed by atoms with Gasteiger partial charge in [0, 0.05) is 18.4 Å². The summed E-state index contributed by atoms with van der Waals surface area (Å²) in [6, 6.07) is 7.84. The molecule has 2 aromatic rings. The molecule has 0 atom stereocenters. The number of ether oxygens (including phenoxy) is 1. The topological polar surface area (TPSA) is 80.1 Å². The summed E-state index contributed by atoms with van der Waals surface area (Å²) in [4.78, 5) is 14.5. The van der Waals surface area contributed by atoms with Gasteiger partial charge in [-0.2, -0.15) is 8.78 Å². The monoisotopic (exact) mass is 295 g/mol. The first-order valence-corrected chi connectivity index (χ1v) is 6.30. The van der Waals surface area contributed by atoms with Gasteiger partial charge in [0.2, 0.25) is 0 Å². The lowest BCUT2D eigenvalue weighted by Gasteiger charge is -2.06. The highest BCUT2D eigenvalue weighted by molar-refractivity contribution is 5.93. The minimum Gasteiger partial charge on any atom is -0.435 e. The molecule has 1 heterocycles. The van der Waals surface area contributed by atoms with E-state index in [0.717, 1.165) is 5.56 Å². The van der Waals surface area contributed by atoms with Crippen LogP contribution in [0.1, 0.15) is 16.1 Å². The van der Waals surface area contributed by atoms with Crippen LogP contribution in [-0.2, 0) is 6.42 Å². The van der Waals surface area contributed by atoms with E-state index in [2.05, 4.69) is 15.0 Å². The van der Waals surface area contributed by atoms with E-state index in [1.54, 1.807) is 18.2 Å². The zero-order chi connectivity index (χ0) is 15.2. The lowest BCUT2D eigenvalue weighted by Crippen LogP contribution is -2.25. The van der Waals surface area contributed by atoms with Crippen molar-refractivity contribution in [3.63, 3.8) is 0 Å². The van der Waals surface area contributed by atoms with Gasteiger partial charge in [-0.3, -0.25) is 4.79 Å². The molecule has 1 aromatic carbocycles. The van der Waals surface area contributed by atoms with E-state index >= 15 is 0 Å². The van der Waals surface area contributed by atoms with Crippen molar-refractivity contribution in [1.29, 1.82) is 0 Å². The number of rotatable bonds is 6. The number of nitrogens with one attached hydrogen (secondary N) is 2. The summed E-state index contributed by atoms with van der Waals surface area (Å²) in [5.74, 6) is -0.135. The third kappa shape index (κ3) is 4.48. The average molecular weight is 295 g/mol. The van der Waals surface area contributed by atoms with E-state index in [0.29, 0.717) is 24.3 Å². The van der Waals surface area contributed by atoms with E-state index in [-0.39, 0.29) is 11.7 Å². The molecule has 112 valence electrons. The number of carbonyl (C=O) groups is 1. The Hall–Kier alpha value is -2.57. The van der Waals surface area contributed by atoms with Crippen LogP contribution in [0.3, 0.4) is 0 Å². The molecule has 2 rings (SSSR count). The van der Waals surface area contributed by atoms with Gasteiger partial charge in [-0.1, -0.05) is 12.1 Å². The first kappa shape index (κ1) is 14.8. The smallest absolute Gasteiger partial charge is 0.387 e. The Balaban J connectivity index is 1.79. The fourth-order valence-corrected chi connectivity index (χ4v) is 1.80. The first-order chi connectivity index (χ1) is 10.0. The van der Waals surface area contributed by atoms with Gasteiger partial charge in [-0.15, -0.1) is 0 Å². The molecule has 0 radical (unpaired) electrons. The minimum atomic E-state index is -2.83. The molecule has 21 heavy (non-hydrogen) atoms. The Morgan fingerprint density at radius 2 is 2.05 bits per heavy atom. The fourth-order valence-electron chi connectivity index (χ4n) is 1.80. The second-order valence-corrected chi connectivity index (χ2v) is 4.38. The number of amides is 1. The molecule has 1 aromatic heterocycles. The van der Waals surface area contributed by atoms with Gasteiger partial charge < -0.3 is 20.8 Å². The second kappa shape index (κ2) is 6.74. The van der Waals surface area contributed by atoms with Crippen LogP contribution in [0.15, 0.2) is 36.5 Å². The maximum absolute atomic E-state index is 12.0. The summed E-state index contributed by atoms with van der Waals surface area (Å²) < 4.78 is 28.2. The lowest BCUT2D eigenvalue weighted by molar-refractivity contribution is -0.0498. The highest BCUT2D eigenvalue weighted by Gasteiger charge is 2.07. The molecule has 0 spiro atoms. The van der Waals surface area contributed by atoms with Crippen LogP contribution in [0.4, 0.5) is 14.5 Å². The molecule has 7 heteroatoms. The average Bonchev–Trinajstić information content (AvgIpc) is 2.87. The van der Waals surface area contributed by atoms with Gasteiger partial charge >= 0.3 is 6.61 Å². The Bertz CT molecular complexity index is 597.